The molecule has 0 radical (unpaired) electrons. The lowest BCUT2D eigenvalue weighted by atomic mass is 10.0. The van der Waals surface area contributed by atoms with Crippen LogP contribution >= 0.6 is 23.2 Å². The van der Waals surface area contributed by atoms with Crippen molar-refractivity contribution >= 4 is 50.7 Å². The molecule has 0 aliphatic heterocycles. The van der Waals surface area contributed by atoms with Crippen molar-refractivity contribution in [3.63, 3.8) is 0 Å². The van der Waals surface area contributed by atoms with Crippen LogP contribution in [0, 0.1) is 0 Å². The molecule has 1 aliphatic carbocycles. The van der Waals surface area contributed by atoms with E-state index in [9.17, 15) is 31.2 Å². The minimum atomic E-state index is -4.74. The standard InChI is InChI=1S/C31H32Cl2F3N3O4S/c1-44(42,43)39(24-14-7-11-22(18-24)31(34,35)36)20-29(40)38(19-25-26(32)15-8-16-27(25)33)28(17-21-9-3-2-4-10-21)30(41)37-23-12-5-6-13-23/h2-4,7-11,14-16,18,23,28H,5-6,12-13,17,19-20H2,1H3,(H,37,41). The van der Waals surface area contributed by atoms with Gasteiger partial charge in [-0.15, -0.1) is 0 Å². The topological polar surface area (TPSA) is 86.8 Å². The van der Waals surface area contributed by atoms with E-state index >= 15 is 0 Å². The first-order chi connectivity index (χ1) is 20.7. The molecule has 1 fully saturated rings. The van der Waals surface area contributed by atoms with Crippen LogP contribution < -0.4 is 9.62 Å². The van der Waals surface area contributed by atoms with Crippen molar-refractivity contribution < 1.29 is 31.2 Å². The molecule has 3 aromatic rings. The van der Waals surface area contributed by atoms with Gasteiger partial charge in [0.2, 0.25) is 21.8 Å². The first-order valence-corrected chi connectivity index (χ1v) is 16.6. The second-order valence-electron chi connectivity index (χ2n) is 10.7. The average Bonchev–Trinajstić information content (AvgIpc) is 3.47. The SMILES string of the molecule is CS(=O)(=O)N(CC(=O)N(Cc1c(Cl)cccc1Cl)C(Cc1ccccc1)C(=O)NC1CCCC1)c1cccc(C(F)(F)F)c1. The molecule has 0 spiro atoms. The molecule has 1 unspecified atom stereocenters. The normalized spacial score (nSPS) is 14.7. The zero-order valence-corrected chi connectivity index (χ0v) is 26.2. The van der Waals surface area contributed by atoms with Gasteiger partial charge in [-0.3, -0.25) is 13.9 Å². The number of nitrogens with zero attached hydrogens (tertiary/aromatic N) is 2. The largest absolute Gasteiger partial charge is 0.416 e. The number of benzene rings is 3. The molecule has 236 valence electrons. The van der Waals surface area contributed by atoms with Crippen molar-refractivity contribution in [2.24, 2.45) is 0 Å². The van der Waals surface area contributed by atoms with E-state index in [1.165, 1.54) is 11.0 Å². The third-order valence-corrected chi connectivity index (χ3v) is 9.35. The number of alkyl halides is 3. The summed E-state index contributed by atoms with van der Waals surface area (Å²) in [7, 11) is -4.26. The maximum absolute atomic E-state index is 14.2. The van der Waals surface area contributed by atoms with E-state index in [1.54, 1.807) is 42.5 Å². The van der Waals surface area contributed by atoms with Crippen molar-refractivity contribution in [3.05, 3.63) is 99.5 Å². The second-order valence-corrected chi connectivity index (χ2v) is 13.5. The van der Waals surface area contributed by atoms with Crippen molar-refractivity contribution in [2.45, 2.75) is 56.9 Å². The quantitative estimate of drug-likeness (QED) is 0.253. The monoisotopic (exact) mass is 669 g/mol. The Balaban J connectivity index is 1.78. The number of rotatable bonds is 11. The van der Waals surface area contributed by atoms with E-state index in [1.807, 2.05) is 6.07 Å². The molecule has 0 bridgehead atoms. The highest BCUT2D eigenvalue weighted by atomic mass is 35.5. The Bertz CT molecular complexity index is 1560. The molecule has 3 aromatic carbocycles. The molecule has 1 saturated carbocycles. The van der Waals surface area contributed by atoms with Gasteiger partial charge >= 0.3 is 6.18 Å². The van der Waals surface area contributed by atoms with Gasteiger partial charge < -0.3 is 10.2 Å². The molecule has 13 heteroatoms. The summed E-state index contributed by atoms with van der Waals surface area (Å²) in [6.45, 7) is -1.13. The third kappa shape index (κ3) is 8.67. The zero-order valence-electron chi connectivity index (χ0n) is 23.9. The lowest BCUT2D eigenvalue weighted by Crippen LogP contribution is -2.54. The van der Waals surface area contributed by atoms with Crippen LogP contribution in [0.4, 0.5) is 18.9 Å². The summed E-state index contributed by atoms with van der Waals surface area (Å²) in [5.41, 5.74) is -0.351. The molecule has 7 nitrogen and oxygen atoms in total. The minimum Gasteiger partial charge on any atom is -0.352 e. The lowest BCUT2D eigenvalue weighted by Gasteiger charge is -2.34. The van der Waals surface area contributed by atoms with Gasteiger partial charge in [0.05, 0.1) is 17.5 Å². The van der Waals surface area contributed by atoms with E-state index in [0.717, 1.165) is 49.6 Å². The molecule has 4 rings (SSSR count). The molecule has 1 atom stereocenters. The predicted octanol–water partition coefficient (Wildman–Crippen LogP) is 6.48. The summed E-state index contributed by atoms with van der Waals surface area (Å²) in [4.78, 5) is 29.3. The molecule has 1 N–H and O–H groups in total. The summed E-state index contributed by atoms with van der Waals surface area (Å²) in [5.74, 6) is -1.27. The maximum Gasteiger partial charge on any atom is 0.416 e. The lowest BCUT2D eigenvalue weighted by molar-refractivity contribution is -0.140. The van der Waals surface area contributed by atoms with Crippen LogP contribution in [0.25, 0.3) is 0 Å². The fourth-order valence-electron chi connectivity index (χ4n) is 5.23. The van der Waals surface area contributed by atoms with Crippen molar-refractivity contribution in [1.29, 1.82) is 0 Å². The molecular formula is C31H32Cl2F3N3O4S. The van der Waals surface area contributed by atoms with Gasteiger partial charge in [-0.05, 0) is 48.7 Å². The Morgan fingerprint density at radius 3 is 2.16 bits per heavy atom. The molecule has 2 amide bonds. The molecule has 1 aliphatic rings. The van der Waals surface area contributed by atoms with E-state index < -0.39 is 46.2 Å². The zero-order chi connectivity index (χ0) is 32.1. The Morgan fingerprint density at radius 1 is 0.955 bits per heavy atom. The summed E-state index contributed by atoms with van der Waals surface area (Å²) < 4.78 is 66.9. The highest BCUT2D eigenvalue weighted by Gasteiger charge is 2.36. The van der Waals surface area contributed by atoms with Crippen LogP contribution in [0.15, 0.2) is 72.8 Å². The van der Waals surface area contributed by atoms with Gasteiger partial charge in [-0.25, -0.2) is 8.42 Å². The highest BCUT2D eigenvalue weighted by Crippen LogP contribution is 2.33. The van der Waals surface area contributed by atoms with E-state index in [4.69, 9.17) is 23.2 Å². The van der Waals surface area contributed by atoms with Crippen LogP contribution in [0.1, 0.15) is 42.4 Å². The Labute approximate surface area is 265 Å². The Morgan fingerprint density at radius 2 is 1.57 bits per heavy atom. The van der Waals surface area contributed by atoms with Gasteiger partial charge in [0.15, 0.2) is 0 Å². The third-order valence-electron chi connectivity index (χ3n) is 7.50. The Hall–Kier alpha value is -3.28. The van der Waals surface area contributed by atoms with Crippen molar-refractivity contribution in [3.8, 4) is 0 Å². The van der Waals surface area contributed by atoms with E-state index in [0.29, 0.717) is 15.9 Å². The second kappa shape index (κ2) is 14.2. The molecule has 0 aromatic heterocycles. The summed E-state index contributed by atoms with van der Waals surface area (Å²) >= 11 is 12.9. The van der Waals surface area contributed by atoms with Gasteiger partial charge in [0.25, 0.3) is 0 Å². The van der Waals surface area contributed by atoms with Crippen LogP contribution in [-0.4, -0.2) is 50.0 Å². The minimum absolute atomic E-state index is 0.0790. The summed E-state index contributed by atoms with van der Waals surface area (Å²) in [5, 5.41) is 3.48. The number of halogens is 5. The van der Waals surface area contributed by atoms with Crippen molar-refractivity contribution in [2.75, 3.05) is 17.1 Å². The van der Waals surface area contributed by atoms with Gasteiger partial charge in [0, 0.05) is 34.6 Å². The molecule has 0 heterocycles. The number of carbonyl (C=O) groups excluding carboxylic acids is 2. The summed E-state index contributed by atoms with van der Waals surface area (Å²) in [6.07, 6.45) is -0.398. The van der Waals surface area contributed by atoms with Crippen LogP contribution in [0.3, 0.4) is 0 Å². The number of carbonyl (C=O) groups is 2. The number of nitrogens with one attached hydrogen (secondary N) is 1. The first kappa shape index (κ1) is 33.6. The molecular weight excluding hydrogens is 638 g/mol. The average molecular weight is 671 g/mol. The fraction of sp³-hybridized carbons (Fsp3) is 0.355. The number of hydrogen-bond donors (Lipinski definition) is 1. The first-order valence-electron chi connectivity index (χ1n) is 14.0. The smallest absolute Gasteiger partial charge is 0.352 e. The number of sulfonamides is 1. The fourth-order valence-corrected chi connectivity index (χ4v) is 6.58. The number of amides is 2. The summed E-state index contributed by atoms with van der Waals surface area (Å²) in [6, 6.07) is 16.2. The van der Waals surface area contributed by atoms with E-state index in [-0.39, 0.29) is 34.7 Å². The Kier molecular flexibility index (Phi) is 10.9. The van der Waals surface area contributed by atoms with Crippen LogP contribution in [0.2, 0.25) is 10.0 Å². The number of anilines is 1. The van der Waals surface area contributed by atoms with Crippen LogP contribution in [-0.2, 0) is 38.8 Å². The van der Waals surface area contributed by atoms with Gasteiger partial charge in [-0.2, -0.15) is 13.2 Å². The van der Waals surface area contributed by atoms with E-state index in [2.05, 4.69) is 5.32 Å². The van der Waals surface area contributed by atoms with Crippen molar-refractivity contribution in [1.82, 2.24) is 10.2 Å². The maximum atomic E-state index is 14.2. The molecule has 0 saturated heterocycles. The molecule has 44 heavy (non-hydrogen) atoms. The van der Waals surface area contributed by atoms with Crippen LogP contribution in [0.5, 0.6) is 0 Å². The number of hydrogen-bond acceptors (Lipinski definition) is 4. The predicted molar refractivity (Wildman–Crippen MR) is 165 cm³/mol. The highest BCUT2D eigenvalue weighted by molar-refractivity contribution is 7.92. The van der Waals surface area contributed by atoms with Gasteiger partial charge in [0.1, 0.15) is 12.6 Å². The van der Waals surface area contributed by atoms with Gasteiger partial charge in [-0.1, -0.05) is 78.5 Å².